The second-order valence-electron chi connectivity index (χ2n) is 4.71. The number of benzene rings is 3. The molecule has 0 unspecified atom stereocenters. The third-order valence-corrected chi connectivity index (χ3v) is 3.28. The molecule has 3 aromatic carbocycles. The van der Waals surface area contributed by atoms with Crippen molar-refractivity contribution in [2.24, 2.45) is 0 Å². The number of rotatable bonds is 2. The fourth-order valence-corrected chi connectivity index (χ4v) is 2.29. The lowest BCUT2D eigenvalue weighted by atomic mass is 10.00. The van der Waals surface area contributed by atoms with Crippen LogP contribution in [0.15, 0.2) is 54.6 Å². The topological polar surface area (TPSA) is 20.2 Å². The summed E-state index contributed by atoms with van der Waals surface area (Å²) in [6.45, 7) is -0.00714. The molecule has 0 atom stereocenters. The highest BCUT2D eigenvalue weighted by molar-refractivity contribution is 5.87. The lowest BCUT2D eigenvalue weighted by Crippen LogP contribution is -1.86. The Hall–Kier alpha value is -2.26. The van der Waals surface area contributed by atoms with Gasteiger partial charge >= 0.3 is 0 Å². The first-order valence-corrected chi connectivity index (χ1v) is 6.26. The molecule has 0 aliphatic carbocycles. The van der Waals surface area contributed by atoms with Crippen LogP contribution in [0.1, 0.15) is 5.56 Å². The highest BCUT2D eigenvalue weighted by Crippen LogP contribution is 2.26. The molecule has 0 amide bonds. The van der Waals surface area contributed by atoms with E-state index in [2.05, 4.69) is 0 Å². The molecule has 1 nitrogen and oxygen atoms in total. The molecule has 0 saturated carbocycles. The van der Waals surface area contributed by atoms with Gasteiger partial charge in [0.25, 0.3) is 0 Å². The van der Waals surface area contributed by atoms with Crippen molar-refractivity contribution in [3.63, 3.8) is 0 Å². The number of aliphatic hydroxyl groups is 1. The van der Waals surface area contributed by atoms with E-state index in [9.17, 15) is 8.78 Å². The maximum atomic E-state index is 13.3. The van der Waals surface area contributed by atoms with Gasteiger partial charge in [0, 0.05) is 6.07 Å². The molecule has 3 rings (SSSR count). The van der Waals surface area contributed by atoms with Gasteiger partial charge in [0.2, 0.25) is 0 Å². The first kappa shape index (κ1) is 12.8. The molecular formula is C17H12F2O. The minimum Gasteiger partial charge on any atom is -0.392 e. The Bertz CT molecular complexity index is 761. The van der Waals surface area contributed by atoms with Gasteiger partial charge in [-0.05, 0) is 51.7 Å². The van der Waals surface area contributed by atoms with Crippen LogP contribution in [-0.2, 0) is 6.61 Å². The number of hydrogen-bond acceptors (Lipinski definition) is 1. The molecule has 0 fully saturated rings. The molecule has 0 saturated heterocycles. The van der Waals surface area contributed by atoms with E-state index in [1.807, 2.05) is 36.4 Å². The van der Waals surface area contributed by atoms with Gasteiger partial charge in [0.05, 0.1) is 6.61 Å². The van der Waals surface area contributed by atoms with Crippen LogP contribution in [0.4, 0.5) is 8.78 Å². The van der Waals surface area contributed by atoms with Crippen molar-refractivity contribution in [1.29, 1.82) is 0 Å². The van der Waals surface area contributed by atoms with Crippen LogP contribution in [0.3, 0.4) is 0 Å². The van der Waals surface area contributed by atoms with Crippen molar-refractivity contribution in [2.45, 2.75) is 6.61 Å². The van der Waals surface area contributed by atoms with Crippen molar-refractivity contribution < 1.29 is 13.9 Å². The van der Waals surface area contributed by atoms with Gasteiger partial charge in [0.1, 0.15) is 11.6 Å². The van der Waals surface area contributed by atoms with Gasteiger partial charge in [-0.15, -0.1) is 0 Å². The van der Waals surface area contributed by atoms with Gasteiger partial charge in [-0.3, -0.25) is 0 Å². The molecule has 1 N–H and O–H groups in total. The summed E-state index contributed by atoms with van der Waals surface area (Å²) in [5, 5.41) is 11.1. The summed E-state index contributed by atoms with van der Waals surface area (Å²) in [4.78, 5) is 0. The Morgan fingerprint density at radius 2 is 1.35 bits per heavy atom. The smallest absolute Gasteiger partial charge is 0.126 e. The van der Waals surface area contributed by atoms with Crippen LogP contribution >= 0.6 is 0 Å². The average Bonchev–Trinajstić information content (AvgIpc) is 2.45. The third-order valence-electron chi connectivity index (χ3n) is 3.28. The van der Waals surface area contributed by atoms with Crippen LogP contribution in [-0.4, -0.2) is 5.11 Å². The van der Waals surface area contributed by atoms with Crippen LogP contribution in [0.5, 0.6) is 0 Å². The standard InChI is InChI=1S/C17H12F2O/c18-16-7-15(8-17(19)9-16)14-4-3-12-5-11(10-20)1-2-13(12)6-14/h1-9,20H,10H2. The molecule has 100 valence electrons. The van der Waals surface area contributed by atoms with E-state index in [0.717, 1.165) is 28.0 Å². The summed E-state index contributed by atoms with van der Waals surface area (Å²) >= 11 is 0. The molecule has 0 heterocycles. The molecule has 20 heavy (non-hydrogen) atoms. The van der Waals surface area contributed by atoms with Gasteiger partial charge < -0.3 is 5.11 Å². The van der Waals surface area contributed by atoms with E-state index in [0.29, 0.717) is 5.56 Å². The zero-order valence-electron chi connectivity index (χ0n) is 10.6. The van der Waals surface area contributed by atoms with E-state index < -0.39 is 11.6 Å². The predicted octanol–water partition coefficient (Wildman–Crippen LogP) is 4.28. The fourth-order valence-electron chi connectivity index (χ4n) is 2.29. The van der Waals surface area contributed by atoms with E-state index in [-0.39, 0.29) is 6.61 Å². The second kappa shape index (κ2) is 5.02. The van der Waals surface area contributed by atoms with E-state index in [1.54, 1.807) is 0 Å². The monoisotopic (exact) mass is 270 g/mol. The Labute approximate surface area is 115 Å². The summed E-state index contributed by atoms with van der Waals surface area (Å²) < 4.78 is 26.5. The minimum atomic E-state index is -0.587. The van der Waals surface area contributed by atoms with Crippen molar-refractivity contribution in [1.82, 2.24) is 0 Å². The van der Waals surface area contributed by atoms with Crippen molar-refractivity contribution in [3.8, 4) is 11.1 Å². The van der Waals surface area contributed by atoms with Gasteiger partial charge in [-0.1, -0.05) is 24.3 Å². The largest absolute Gasteiger partial charge is 0.392 e. The number of fused-ring (bicyclic) bond motifs is 1. The Morgan fingerprint density at radius 1 is 0.700 bits per heavy atom. The first-order valence-electron chi connectivity index (χ1n) is 6.26. The molecule has 0 aliphatic rings. The average molecular weight is 270 g/mol. The second-order valence-corrected chi connectivity index (χ2v) is 4.71. The Morgan fingerprint density at radius 3 is 2.05 bits per heavy atom. The maximum absolute atomic E-state index is 13.3. The zero-order valence-corrected chi connectivity index (χ0v) is 10.6. The van der Waals surface area contributed by atoms with E-state index in [1.165, 1.54) is 12.1 Å². The molecule has 0 aromatic heterocycles. The minimum absolute atomic E-state index is 0.00714. The van der Waals surface area contributed by atoms with Crippen molar-refractivity contribution in [3.05, 3.63) is 71.8 Å². The van der Waals surface area contributed by atoms with Gasteiger partial charge in [-0.25, -0.2) is 8.78 Å². The summed E-state index contributed by atoms with van der Waals surface area (Å²) in [5.74, 6) is -1.17. The lowest BCUT2D eigenvalue weighted by molar-refractivity contribution is 0.282. The van der Waals surface area contributed by atoms with Crippen molar-refractivity contribution >= 4 is 10.8 Å². The number of aliphatic hydroxyl groups excluding tert-OH is 1. The molecule has 0 spiro atoms. The van der Waals surface area contributed by atoms with Crippen LogP contribution in [0, 0.1) is 11.6 Å². The van der Waals surface area contributed by atoms with E-state index >= 15 is 0 Å². The van der Waals surface area contributed by atoms with Crippen LogP contribution in [0.25, 0.3) is 21.9 Å². The highest BCUT2D eigenvalue weighted by atomic mass is 19.1. The summed E-state index contributed by atoms with van der Waals surface area (Å²) in [6.07, 6.45) is 0. The first-order chi connectivity index (χ1) is 9.65. The number of halogens is 2. The predicted molar refractivity (Wildman–Crippen MR) is 75.2 cm³/mol. The molecule has 3 heteroatoms. The summed E-state index contributed by atoms with van der Waals surface area (Å²) in [7, 11) is 0. The molecule has 0 bridgehead atoms. The summed E-state index contributed by atoms with van der Waals surface area (Å²) in [6, 6.07) is 14.7. The van der Waals surface area contributed by atoms with Gasteiger partial charge in [-0.2, -0.15) is 0 Å². The number of hydrogen-bond donors (Lipinski definition) is 1. The Kier molecular flexibility index (Phi) is 3.20. The van der Waals surface area contributed by atoms with Gasteiger partial charge in [0.15, 0.2) is 0 Å². The molecular weight excluding hydrogens is 258 g/mol. The maximum Gasteiger partial charge on any atom is 0.126 e. The fraction of sp³-hybridized carbons (Fsp3) is 0.0588. The molecule has 0 aliphatic heterocycles. The highest BCUT2D eigenvalue weighted by Gasteiger charge is 2.04. The van der Waals surface area contributed by atoms with Crippen LogP contribution in [0.2, 0.25) is 0 Å². The van der Waals surface area contributed by atoms with Crippen LogP contribution < -0.4 is 0 Å². The molecule has 0 radical (unpaired) electrons. The van der Waals surface area contributed by atoms with Crippen molar-refractivity contribution in [2.75, 3.05) is 0 Å². The zero-order chi connectivity index (χ0) is 14.1. The third kappa shape index (κ3) is 2.40. The normalized spacial score (nSPS) is 10.9. The SMILES string of the molecule is OCc1ccc2cc(-c3cc(F)cc(F)c3)ccc2c1. The summed E-state index contributed by atoms with van der Waals surface area (Å²) in [5.41, 5.74) is 2.10. The molecule has 3 aromatic rings. The quantitative estimate of drug-likeness (QED) is 0.737. The van der Waals surface area contributed by atoms with E-state index in [4.69, 9.17) is 5.11 Å². The Balaban J connectivity index is 2.12. The lowest BCUT2D eigenvalue weighted by Gasteiger charge is -2.06.